The number of carbonyl (C=O) groups excluding carboxylic acids is 3. The molecule has 0 aromatic heterocycles. The molecule has 3 N–H and O–H groups in total. The van der Waals surface area contributed by atoms with Crippen LogP contribution in [0.2, 0.25) is 0 Å². The van der Waals surface area contributed by atoms with Crippen molar-refractivity contribution in [3.8, 4) is 0 Å². The Labute approximate surface area is 418 Å². The minimum Gasteiger partial charge on any atom is -0.481 e. The first-order valence-electron chi connectivity index (χ1n) is 27.4. The maximum Gasteiger partial charge on any atom is 0.472 e. The molecule has 0 heterocycles. The maximum absolute atomic E-state index is 12.8. The van der Waals surface area contributed by atoms with E-state index in [9.17, 15) is 28.6 Å². The van der Waals surface area contributed by atoms with Crippen LogP contribution in [0.4, 0.5) is 0 Å². The Hall–Kier alpha value is -2.17. The lowest BCUT2D eigenvalue weighted by Gasteiger charge is -2.20. The SMILES string of the molecule is CCCCCCCCCCCCCCCCCC(=O)OC[C@H](COP(=O)(O)OCCNC(=O)COCCOCCOCCOCCC(=O)O)OC(=O)CCCCCCCCCCCCCCCCC. The number of hydrogen-bond donors (Lipinski definition) is 3. The van der Waals surface area contributed by atoms with E-state index in [0.29, 0.717) is 32.7 Å². The van der Waals surface area contributed by atoms with Crippen molar-refractivity contribution in [3.63, 3.8) is 0 Å². The number of nitrogens with one attached hydrogen (secondary N) is 1. The summed E-state index contributed by atoms with van der Waals surface area (Å²) in [7, 11) is -4.62. The first-order valence-corrected chi connectivity index (χ1v) is 28.9. The molecule has 0 aliphatic carbocycles. The fourth-order valence-electron chi connectivity index (χ4n) is 7.50. The first-order chi connectivity index (χ1) is 33.6. The van der Waals surface area contributed by atoms with Gasteiger partial charge in [-0.25, -0.2) is 4.57 Å². The second-order valence-electron chi connectivity index (χ2n) is 18.2. The Morgan fingerprint density at radius 3 is 1.25 bits per heavy atom. The highest BCUT2D eigenvalue weighted by molar-refractivity contribution is 7.47. The van der Waals surface area contributed by atoms with Crippen LogP contribution in [0, 0.1) is 0 Å². The van der Waals surface area contributed by atoms with Crippen molar-refractivity contribution in [2.75, 3.05) is 79.2 Å². The molecule has 0 radical (unpaired) electrons. The third kappa shape index (κ3) is 53.5. The van der Waals surface area contributed by atoms with Gasteiger partial charge in [0.05, 0.1) is 65.9 Å². The third-order valence-corrected chi connectivity index (χ3v) is 12.6. The highest BCUT2D eigenvalue weighted by Crippen LogP contribution is 2.43. The van der Waals surface area contributed by atoms with Gasteiger partial charge in [-0.1, -0.05) is 194 Å². The molecule has 0 aliphatic heterocycles. The van der Waals surface area contributed by atoms with Gasteiger partial charge in [0.1, 0.15) is 13.2 Å². The minimum absolute atomic E-state index is 0.0581. The zero-order chi connectivity index (χ0) is 50.6. The van der Waals surface area contributed by atoms with Crippen molar-refractivity contribution >= 4 is 31.6 Å². The van der Waals surface area contributed by atoms with Crippen LogP contribution in [0.25, 0.3) is 0 Å². The molecule has 408 valence electrons. The number of rotatable bonds is 56. The van der Waals surface area contributed by atoms with Crippen LogP contribution < -0.4 is 5.32 Å². The molecule has 2 atom stereocenters. The Balaban J connectivity index is 4.47. The summed E-state index contributed by atoms with van der Waals surface area (Å²) in [6, 6.07) is 0. The van der Waals surface area contributed by atoms with E-state index in [-0.39, 0.29) is 72.1 Å². The van der Waals surface area contributed by atoms with Gasteiger partial charge in [-0.05, 0) is 12.8 Å². The summed E-state index contributed by atoms with van der Waals surface area (Å²) < 4.78 is 54.9. The van der Waals surface area contributed by atoms with Crippen LogP contribution in [0.1, 0.15) is 226 Å². The van der Waals surface area contributed by atoms with E-state index in [1.807, 2.05) is 0 Å². The maximum atomic E-state index is 12.8. The molecule has 69 heavy (non-hydrogen) atoms. The summed E-state index contributed by atoms with van der Waals surface area (Å²) in [4.78, 5) is 58.3. The molecule has 0 aliphatic rings. The van der Waals surface area contributed by atoms with Gasteiger partial charge in [0, 0.05) is 19.4 Å². The number of esters is 2. The summed E-state index contributed by atoms with van der Waals surface area (Å²) in [5.74, 6) is -2.31. The minimum atomic E-state index is -4.62. The zero-order valence-electron chi connectivity index (χ0n) is 43.5. The molecule has 1 unspecified atom stereocenters. The largest absolute Gasteiger partial charge is 0.481 e. The van der Waals surface area contributed by atoms with Crippen LogP contribution in [-0.4, -0.2) is 119 Å². The molecule has 0 saturated carbocycles. The summed E-state index contributed by atoms with van der Waals surface area (Å²) in [5.41, 5.74) is 0. The second kappa shape index (κ2) is 52.2. The lowest BCUT2D eigenvalue weighted by atomic mass is 10.0. The van der Waals surface area contributed by atoms with Crippen LogP contribution in [-0.2, 0) is 61.2 Å². The van der Waals surface area contributed by atoms with Crippen molar-refractivity contribution in [2.45, 2.75) is 232 Å². The molecule has 0 rings (SSSR count). The number of carbonyl (C=O) groups is 4. The van der Waals surface area contributed by atoms with Gasteiger partial charge in [0.25, 0.3) is 0 Å². The molecule has 0 spiro atoms. The van der Waals surface area contributed by atoms with Gasteiger partial charge >= 0.3 is 25.7 Å². The molecule has 0 saturated heterocycles. The standard InChI is InChI=1S/C52H100NO15P/c1-3-5-7-9-11-13-15-17-19-21-23-25-27-29-31-33-51(57)65-45-48(68-52(58)34-32-30-28-26-24-22-20-18-16-14-12-10-8-6-4-2)46-67-69(59,60)66-38-36-53-49(54)47-64-44-43-63-42-41-62-40-39-61-37-35-50(55)56/h48H,3-47H2,1-2H3,(H,53,54)(H,55,56)(H,59,60)/t48-/m1/s1. The summed E-state index contributed by atoms with van der Waals surface area (Å²) in [6.07, 6.45) is 35.8. The van der Waals surface area contributed by atoms with Gasteiger partial charge in [-0.15, -0.1) is 0 Å². The summed E-state index contributed by atoms with van der Waals surface area (Å²) in [5, 5.41) is 11.1. The second-order valence-corrected chi connectivity index (χ2v) is 19.6. The predicted octanol–water partition coefficient (Wildman–Crippen LogP) is 11.8. The average molecular weight is 1010 g/mol. The quantitative estimate of drug-likeness (QED) is 0.0294. The normalized spacial score (nSPS) is 12.7. The Kier molecular flexibility index (Phi) is 50.5. The number of carboxylic acid groups (broad SMARTS) is 1. The number of ether oxygens (including phenoxy) is 6. The van der Waals surface area contributed by atoms with Crippen molar-refractivity contribution < 1.29 is 71.2 Å². The molecular weight excluding hydrogens is 910 g/mol. The van der Waals surface area contributed by atoms with Gasteiger partial charge in [0.15, 0.2) is 6.10 Å². The summed E-state index contributed by atoms with van der Waals surface area (Å²) in [6.45, 7) is 4.70. The number of unbranched alkanes of at least 4 members (excludes halogenated alkanes) is 28. The van der Waals surface area contributed by atoms with Crippen LogP contribution >= 0.6 is 7.82 Å². The molecule has 16 nitrogen and oxygen atoms in total. The molecule has 0 aromatic carbocycles. The lowest BCUT2D eigenvalue weighted by molar-refractivity contribution is -0.161. The molecule has 0 aromatic rings. The van der Waals surface area contributed by atoms with E-state index in [1.54, 1.807) is 0 Å². The molecule has 0 bridgehead atoms. The fraction of sp³-hybridized carbons (Fsp3) is 0.923. The third-order valence-electron chi connectivity index (χ3n) is 11.6. The molecular formula is C52H100NO15P. The summed E-state index contributed by atoms with van der Waals surface area (Å²) >= 11 is 0. The smallest absolute Gasteiger partial charge is 0.472 e. The van der Waals surface area contributed by atoms with E-state index in [1.165, 1.54) is 141 Å². The highest BCUT2D eigenvalue weighted by Gasteiger charge is 2.26. The Morgan fingerprint density at radius 1 is 0.449 bits per heavy atom. The molecule has 1 amide bonds. The Morgan fingerprint density at radius 2 is 0.826 bits per heavy atom. The Bertz CT molecular complexity index is 1230. The van der Waals surface area contributed by atoms with E-state index in [4.69, 9.17) is 42.6 Å². The van der Waals surface area contributed by atoms with Crippen LogP contribution in [0.3, 0.4) is 0 Å². The number of phosphoric ester groups is 1. The van der Waals surface area contributed by atoms with E-state index >= 15 is 0 Å². The van der Waals surface area contributed by atoms with Crippen LogP contribution in [0.15, 0.2) is 0 Å². The zero-order valence-corrected chi connectivity index (χ0v) is 44.4. The van der Waals surface area contributed by atoms with Crippen LogP contribution in [0.5, 0.6) is 0 Å². The average Bonchev–Trinajstić information content (AvgIpc) is 3.32. The predicted molar refractivity (Wildman–Crippen MR) is 270 cm³/mol. The van der Waals surface area contributed by atoms with E-state index < -0.39 is 44.3 Å². The van der Waals surface area contributed by atoms with Crippen molar-refractivity contribution in [2.24, 2.45) is 0 Å². The number of hydrogen-bond acceptors (Lipinski definition) is 13. The number of amides is 1. The van der Waals surface area contributed by atoms with Crippen molar-refractivity contribution in [1.82, 2.24) is 5.32 Å². The first kappa shape index (κ1) is 66.8. The monoisotopic (exact) mass is 1010 g/mol. The van der Waals surface area contributed by atoms with E-state index in [2.05, 4.69) is 19.2 Å². The lowest BCUT2D eigenvalue weighted by Crippen LogP contribution is -2.31. The van der Waals surface area contributed by atoms with Gasteiger partial charge in [-0.3, -0.25) is 28.2 Å². The van der Waals surface area contributed by atoms with Crippen molar-refractivity contribution in [1.29, 1.82) is 0 Å². The van der Waals surface area contributed by atoms with Gasteiger partial charge < -0.3 is 43.7 Å². The van der Waals surface area contributed by atoms with Crippen molar-refractivity contribution in [3.05, 3.63) is 0 Å². The topological polar surface area (TPSA) is 212 Å². The van der Waals surface area contributed by atoms with Gasteiger partial charge in [-0.2, -0.15) is 0 Å². The number of phosphoric acid groups is 1. The van der Waals surface area contributed by atoms with E-state index in [0.717, 1.165) is 38.5 Å². The number of carboxylic acids is 1. The number of aliphatic carboxylic acids is 1. The molecule has 17 heteroatoms. The van der Waals surface area contributed by atoms with Gasteiger partial charge in [0.2, 0.25) is 5.91 Å². The highest BCUT2D eigenvalue weighted by atomic mass is 31.2. The molecule has 0 fully saturated rings. The fourth-order valence-corrected chi connectivity index (χ4v) is 8.25.